The standard InChI is InChI=1S/C20H22N2O3/c1-25-13-7-12-21-19(23)18-16-10-5-6-11-17(16)20(24)22(18)14-15-8-3-2-4-9-15/h2-6,8-11,18H,7,12-14H2,1H3,(H,21,23)/t18-/m1/s1. The quantitative estimate of drug-likeness (QED) is 0.789. The van der Waals surface area contributed by atoms with Crippen molar-refractivity contribution < 1.29 is 14.3 Å². The van der Waals surface area contributed by atoms with E-state index in [1.165, 1.54) is 0 Å². The van der Waals surface area contributed by atoms with Crippen molar-refractivity contribution in [3.63, 3.8) is 0 Å². The van der Waals surface area contributed by atoms with Gasteiger partial charge in [-0.25, -0.2) is 0 Å². The first kappa shape index (κ1) is 17.2. The number of hydrogen-bond acceptors (Lipinski definition) is 3. The monoisotopic (exact) mass is 338 g/mol. The summed E-state index contributed by atoms with van der Waals surface area (Å²) in [5.74, 6) is -0.248. The van der Waals surface area contributed by atoms with Crippen LogP contribution in [0.5, 0.6) is 0 Å². The molecule has 2 aromatic carbocycles. The third-order valence-electron chi connectivity index (χ3n) is 4.33. The Kier molecular flexibility index (Phi) is 5.46. The molecule has 0 unspecified atom stereocenters. The number of fused-ring (bicyclic) bond motifs is 1. The van der Waals surface area contributed by atoms with Crippen LogP contribution >= 0.6 is 0 Å². The highest BCUT2D eigenvalue weighted by molar-refractivity contribution is 6.04. The molecule has 1 aliphatic rings. The van der Waals surface area contributed by atoms with Crippen molar-refractivity contribution in [2.45, 2.75) is 19.0 Å². The van der Waals surface area contributed by atoms with Crippen LogP contribution in [0.3, 0.4) is 0 Å². The minimum atomic E-state index is -0.591. The first-order valence-electron chi connectivity index (χ1n) is 8.43. The van der Waals surface area contributed by atoms with Crippen molar-refractivity contribution in [2.75, 3.05) is 20.3 Å². The number of nitrogens with one attached hydrogen (secondary N) is 1. The Morgan fingerprint density at radius 2 is 1.84 bits per heavy atom. The van der Waals surface area contributed by atoms with Crippen LogP contribution in [0, 0.1) is 0 Å². The lowest BCUT2D eigenvalue weighted by atomic mass is 10.0. The van der Waals surface area contributed by atoms with Crippen molar-refractivity contribution in [3.05, 3.63) is 71.3 Å². The molecular weight excluding hydrogens is 316 g/mol. The smallest absolute Gasteiger partial charge is 0.255 e. The number of rotatable bonds is 7. The number of carbonyl (C=O) groups is 2. The van der Waals surface area contributed by atoms with Gasteiger partial charge in [0.05, 0.1) is 0 Å². The molecule has 2 amide bonds. The summed E-state index contributed by atoms with van der Waals surface area (Å²) in [6, 6.07) is 16.5. The van der Waals surface area contributed by atoms with E-state index in [4.69, 9.17) is 4.74 Å². The summed E-state index contributed by atoms with van der Waals surface area (Å²) in [5.41, 5.74) is 2.38. The molecule has 0 saturated heterocycles. The highest BCUT2D eigenvalue weighted by Gasteiger charge is 2.40. The van der Waals surface area contributed by atoms with Crippen LogP contribution in [0.25, 0.3) is 0 Å². The molecule has 3 rings (SSSR count). The van der Waals surface area contributed by atoms with Gasteiger partial charge in [-0.05, 0) is 23.6 Å². The van der Waals surface area contributed by atoms with E-state index in [-0.39, 0.29) is 11.8 Å². The number of hydrogen-bond donors (Lipinski definition) is 1. The van der Waals surface area contributed by atoms with Crippen molar-refractivity contribution in [1.29, 1.82) is 0 Å². The molecule has 130 valence electrons. The van der Waals surface area contributed by atoms with Crippen molar-refractivity contribution >= 4 is 11.8 Å². The number of carbonyl (C=O) groups excluding carboxylic acids is 2. The molecule has 1 N–H and O–H groups in total. The first-order chi connectivity index (χ1) is 12.2. The second kappa shape index (κ2) is 7.94. The largest absolute Gasteiger partial charge is 0.385 e. The molecule has 0 radical (unpaired) electrons. The van der Waals surface area contributed by atoms with Gasteiger partial charge in [-0.2, -0.15) is 0 Å². The second-order valence-corrected chi connectivity index (χ2v) is 6.05. The van der Waals surface area contributed by atoms with Crippen LogP contribution in [0.15, 0.2) is 54.6 Å². The molecule has 0 aromatic heterocycles. The van der Waals surface area contributed by atoms with Crippen molar-refractivity contribution in [3.8, 4) is 0 Å². The van der Waals surface area contributed by atoms with Crippen molar-refractivity contribution in [2.24, 2.45) is 0 Å². The fourth-order valence-corrected chi connectivity index (χ4v) is 3.12. The van der Waals surface area contributed by atoms with Gasteiger partial charge in [-0.3, -0.25) is 9.59 Å². The van der Waals surface area contributed by atoms with Crippen LogP contribution in [0.4, 0.5) is 0 Å². The summed E-state index contributed by atoms with van der Waals surface area (Å²) in [6.07, 6.45) is 0.739. The van der Waals surface area contributed by atoms with E-state index < -0.39 is 6.04 Å². The van der Waals surface area contributed by atoms with E-state index in [0.717, 1.165) is 17.5 Å². The molecule has 2 aromatic rings. The molecule has 0 saturated carbocycles. The highest BCUT2D eigenvalue weighted by atomic mass is 16.5. The zero-order valence-corrected chi connectivity index (χ0v) is 14.3. The second-order valence-electron chi connectivity index (χ2n) is 6.05. The summed E-state index contributed by atoms with van der Waals surface area (Å²) in [4.78, 5) is 27.2. The molecule has 0 bridgehead atoms. The zero-order valence-electron chi connectivity index (χ0n) is 14.3. The summed E-state index contributed by atoms with van der Waals surface area (Å²) in [5, 5.41) is 2.92. The predicted molar refractivity (Wildman–Crippen MR) is 95.0 cm³/mol. The Balaban J connectivity index is 1.82. The van der Waals surface area contributed by atoms with E-state index in [1.807, 2.05) is 48.5 Å². The summed E-state index contributed by atoms with van der Waals surface area (Å²) in [6.45, 7) is 1.53. The Bertz CT molecular complexity index is 746. The van der Waals surface area contributed by atoms with Gasteiger partial charge >= 0.3 is 0 Å². The zero-order chi connectivity index (χ0) is 17.6. The summed E-state index contributed by atoms with van der Waals surface area (Å²) >= 11 is 0. The van der Waals surface area contributed by atoms with E-state index in [1.54, 1.807) is 18.1 Å². The molecule has 0 spiro atoms. The van der Waals surface area contributed by atoms with Crippen molar-refractivity contribution in [1.82, 2.24) is 10.2 Å². The number of amides is 2. The maximum absolute atomic E-state index is 12.8. The molecule has 1 atom stereocenters. The topological polar surface area (TPSA) is 58.6 Å². The van der Waals surface area contributed by atoms with Crippen LogP contribution < -0.4 is 5.32 Å². The molecule has 5 nitrogen and oxygen atoms in total. The summed E-state index contributed by atoms with van der Waals surface area (Å²) < 4.78 is 5.01. The van der Waals surface area contributed by atoms with Gasteiger partial charge in [0.25, 0.3) is 5.91 Å². The highest BCUT2D eigenvalue weighted by Crippen LogP contribution is 2.34. The number of nitrogens with zero attached hydrogens (tertiary/aromatic N) is 1. The van der Waals surface area contributed by atoms with Gasteiger partial charge in [-0.15, -0.1) is 0 Å². The average molecular weight is 338 g/mol. The minimum Gasteiger partial charge on any atom is -0.385 e. The lowest BCUT2D eigenvalue weighted by molar-refractivity contribution is -0.125. The molecule has 25 heavy (non-hydrogen) atoms. The maximum atomic E-state index is 12.8. The average Bonchev–Trinajstić information content (AvgIpc) is 2.92. The fourth-order valence-electron chi connectivity index (χ4n) is 3.12. The molecule has 0 fully saturated rings. The van der Waals surface area contributed by atoms with E-state index in [0.29, 0.717) is 25.3 Å². The van der Waals surface area contributed by atoms with Crippen LogP contribution in [-0.4, -0.2) is 37.0 Å². The molecule has 0 aliphatic carbocycles. The number of ether oxygens (including phenoxy) is 1. The van der Waals surface area contributed by atoms with Gasteiger partial charge < -0.3 is 15.0 Å². The van der Waals surface area contributed by atoms with Crippen LogP contribution in [0.2, 0.25) is 0 Å². The maximum Gasteiger partial charge on any atom is 0.255 e. The molecule has 1 aliphatic heterocycles. The Morgan fingerprint density at radius 3 is 2.60 bits per heavy atom. The lowest BCUT2D eigenvalue weighted by Gasteiger charge is -2.24. The Hall–Kier alpha value is -2.66. The number of benzene rings is 2. The van der Waals surface area contributed by atoms with Crippen LogP contribution in [0.1, 0.15) is 33.9 Å². The number of methoxy groups -OCH3 is 1. The third kappa shape index (κ3) is 3.72. The molecule has 1 heterocycles. The van der Waals surface area contributed by atoms with Gasteiger partial charge in [0.1, 0.15) is 6.04 Å². The SMILES string of the molecule is COCCCNC(=O)[C@H]1c2ccccc2C(=O)N1Cc1ccccc1. The Labute approximate surface area is 147 Å². The first-order valence-corrected chi connectivity index (χ1v) is 8.43. The van der Waals surface area contributed by atoms with E-state index in [9.17, 15) is 9.59 Å². The summed E-state index contributed by atoms with van der Waals surface area (Å²) in [7, 11) is 1.63. The normalized spacial score (nSPS) is 16.0. The van der Waals surface area contributed by atoms with E-state index in [2.05, 4.69) is 5.32 Å². The van der Waals surface area contributed by atoms with Gasteiger partial charge in [0.2, 0.25) is 5.91 Å². The fraction of sp³-hybridized carbons (Fsp3) is 0.300. The van der Waals surface area contributed by atoms with Gasteiger partial charge in [0, 0.05) is 32.4 Å². The third-order valence-corrected chi connectivity index (χ3v) is 4.33. The lowest BCUT2D eigenvalue weighted by Crippen LogP contribution is -2.39. The van der Waals surface area contributed by atoms with E-state index >= 15 is 0 Å². The van der Waals surface area contributed by atoms with Gasteiger partial charge in [-0.1, -0.05) is 48.5 Å². The molecule has 5 heteroatoms. The van der Waals surface area contributed by atoms with Gasteiger partial charge in [0.15, 0.2) is 0 Å². The molecular formula is C20H22N2O3. The van der Waals surface area contributed by atoms with Crippen LogP contribution in [-0.2, 0) is 16.1 Å². The Morgan fingerprint density at radius 1 is 1.12 bits per heavy atom. The predicted octanol–water partition coefficient (Wildman–Crippen LogP) is 2.54. The minimum absolute atomic E-state index is 0.100.